The fraction of sp³-hybridized carbons (Fsp3) is 0.375. The van der Waals surface area contributed by atoms with E-state index in [0.717, 1.165) is 18.5 Å². The van der Waals surface area contributed by atoms with E-state index in [2.05, 4.69) is 11.4 Å². The van der Waals surface area contributed by atoms with Gasteiger partial charge in [-0.05, 0) is 25.8 Å². The number of hydrogen-bond donors (Lipinski definition) is 2. The van der Waals surface area contributed by atoms with E-state index >= 15 is 0 Å². The van der Waals surface area contributed by atoms with E-state index < -0.39 is 0 Å². The minimum atomic E-state index is 0.515. The zero-order valence-electron chi connectivity index (χ0n) is 6.15. The lowest BCUT2D eigenvalue weighted by Crippen LogP contribution is -2.18. The van der Waals surface area contributed by atoms with Gasteiger partial charge in [0.1, 0.15) is 0 Å². The highest BCUT2D eigenvalue weighted by molar-refractivity contribution is 5.77. The minimum absolute atomic E-state index is 0.515. The topological polar surface area (TPSA) is 35.9 Å². The van der Waals surface area contributed by atoms with Gasteiger partial charge in [0.2, 0.25) is 0 Å². The number of nitrogens with one attached hydrogen (secondary N) is 2. The average Bonchev–Trinajstić information content (AvgIpc) is 1.88. The van der Waals surface area contributed by atoms with Crippen LogP contribution in [0.5, 0.6) is 0 Å². The van der Waals surface area contributed by atoms with Crippen molar-refractivity contribution >= 4 is 5.84 Å². The molecule has 0 amide bonds. The van der Waals surface area contributed by atoms with Crippen molar-refractivity contribution in [3.8, 4) is 0 Å². The van der Waals surface area contributed by atoms with Crippen LogP contribution in [0.15, 0.2) is 23.9 Å². The molecule has 0 saturated heterocycles. The molecule has 0 atom stereocenters. The molecule has 0 bridgehead atoms. The molecule has 1 aliphatic rings. The van der Waals surface area contributed by atoms with Crippen LogP contribution >= 0.6 is 0 Å². The van der Waals surface area contributed by atoms with Crippen molar-refractivity contribution in [2.45, 2.75) is 19.8 Å². The first-order valence-electron chi connectivity index (χ1n) is 3.47. The Morgan fingerprint density at radius 3 is 3.00 bits per heavy atom. The summed E-state index contributed by atoms with van der Waals surface area (Å²) >= 11 is 0. The number of amidine groups is 1. The Morgan fingerprint density at radius 1 is 1.70 bits per heavy atom. The molecule has 0 unspecified atom stereocenters. The van der Waals surface area contributed by atoms with Crippen LogP contribution in [0.2, 0.25) is 0 Å². The van der Waals surface area contributed by atoms with Gasteiger partial charge in [-0.1, -0.05) is 12.2 Å². The van der Waals surface area contributed by atoms with Crippen molar-refractivity contribution in [2.75, 3.05) is 0 Å². The summed E-state index contributed by atoms with van der Waals surface area (Å²) in [6.45, 7) is 1.75. The van der Waals surface area contributed by atoms with Crippen molar-refractivity contribution in [1.82, 2.24) is 5.32 Å². The Balaban J connectivity index is 2.47. The molecule has 0 heterocycles. The van der Waals surface area contributed by atoms with Gasteiger partial charge in [-0.15, -0.1) is 0 Å². The Bertz CT molecular complexity index is 189. The van der Waals surface area contributed by atoms with Crippen molar-refractivity contribution in [1.29, 1.82) is 5.41 Å². The molecule has 0 radical (unpaired) electrons. The first-order chi connectivity index (χ1) is 4.79. The summed E-state index contributed by atoms with van der Waals surface area (Å²) in [5.74, 6) is 0.515. The van der Waals surface area contributed by atoms with Gasteiger partial charge in [-0.2, -0.15) is 0 Å². The molecule has 2 heteroatoms. The maximum atomic E-state index is 7.15. The van der Waals surface area contributed by atoms with Gasteiger partial charge in [0, 0.05) is 5.70 Å². The molecule has 1 rings (SSSR count). The Morgan fingerprint density at radius 2 is 2.50 bits per heavy atom. The van der Waals surface area contributed by atoms with Crippen molar-refractivity contribution in [3.63, 3.8) is 0 Å². The fourth-order valence-corrected chi connectivity index (χ4v) is 0.948. The SMILES string of the molecule is CC(=N)NC1=CC=CCC1. The zero-order valence-corrected chi connectivity index (χ0v) is 6.15. The van der Waals surface area contributed by atoms with Gasteiger partial charge >= 0.3 is 0 Å². The van der Waals surface area contributed by atoms with Crippen LogP contribution in [0.3, 0.4) is 0 Å². The maximum Gasteiger partial charge on any atom is 0.0941 e. The third kappa shape index (κ3) is 2.05. The predicted octanol–water partition coefficient (Wildman–Crippen LogP) is 1.81. The molecule has 0 saturated carbocycles. The van der Waals surface area contributed by atoms with Crippen LogP contribution < -0.4 is 5.32 Å². The van der Waals surface area contributed by atoms with Crippen molar-refractivity contribution < 1.29 is 0 Å². The van der Waals surface area contributed by atoms with Gasteiger partial charge in [-0.3, -0.25) is 5.41 Å². The highest BCUT2D eigenvalue weighted by atomic mass is 14.9. The van der Waals surface area contributed by atoms with Crippen LogP contribution in [0.4, 0.5) is 0 Å². The molecule has 0 aromatic rings. The Kier molecular flexibility index (Phi) is 2.26. The average molecular weight is 136 g/mol. The van der Waals surface area contributed by atoms with E-state index in [0.29, 0.717) is 5.84 Å². The Labute approximate surface area is 61.1 Å². The lowest BCUT2D eigenvalue weighted by molar-refractivity contribution is 0.886. The van der Waals surface area contributed by atoms with Crippen LogP contribution in [0.1, 0.15) is 19.8 Å². The molecule has 0 aromatic heterocycles. The lowest BCUT2D eigenvalue weighted by atomic mass is 10.1. The summed E-state index contributed by atoms with van der Waals surface area (Å²) in [6.07, 6.45) is 8.29. The molecular weight excluding hydrogens is 124 g/mol. The fourth-order valence-electron chi connectivity index (χ4n) is 0.948. The van der Waals surface area contributed by atoms with Crippen LogP contribution in [-0.2, 0) is 0 Å². The monoisotopic (exact) mass is 136 g/mol. The summed E-state index contributed by atoms with van der Waals surface area (Å²) < 4.78 is 0. The van der Waals surface area contributed by atoms with Gasteiger partial charge in [-0.25, -0.2) is 0 Å². The molecule has 0 aliphatic heterocycles. The quantitative estimate of drug-likeness (QED) is 0.418. The molecule has 0 spiro atoms. The van der Waals surface area contributed by atoms with E-state index in [4.69, 9.17) is 5.41 Å². The smallest absolute Gasteiger partial charge is 0.0941 e. The summed E-state index contributed by atoms with van der Waals surface area (Å²) in [7, 11) is 0. The second-order valence-corrected chi connectivity index (χ2v) is 2.41. The van der Waals surface area contributed by atoms with E-state index in [1.807, 2.05) is 12.2 Å². The predicted molar refractivity (Wildman–Crippen MR) is 43.0 cm³/mol. The molecule has 2 N–H and O–H groups in total. The lowest BCUT2D eigenvalue weighted by Gasteiger charge is -2.09. The molecule has 1 aliphatic carbocycles. The minimum Gasteiger partial charge on any atom is -0.348 e. The van der Waals surface area contributed by atoms with Crippen molar-refractivity contribution in [3.05, 3.63) is 23.9 Å². The molecule has 0 fully saturated rings. The summed E-state index contributed by atoms with van der Waals surface area (Å²) in [6, 6.07) is 0. The zero-order chi connectivity index (χ0) is 7.40. The molecular formula is C8H12N2. The summed E-state index contributed by atoms with van der Waals surface area (Å²) in [5.41, 5.74) is 1.15. The number of rotatable bonds is 1. The second-order valence-electron chi connectivity index (χ2n) is 2.41. The molecule has 0 aromatic carbocycles. The second kappa shape index (κ2) is 3.20. The molecule has 10 heavy (non-hydrogen) atoms. The summed E-state index contributed by atoms with van der Waals surface area (Å²) in [4.78, 5) is 0. The van der Waals surface area contributed by atoms with Gasteiger partial charge < -0.3 is 5.32 Å². The van der Waals surface area contributed by atoms with E-state index in [9.17, 15) is 0 Å². The van der Waals surface area contributed by atoms with Gasteiger partial charge in [0.05, 0.1) is 5.84 Å². The van der Waals surface area contributed by atoms with E-state index in [1.54, 1.807) is 6.92 Å². The van der Waals surface area contributed by atoms with Gasteiger partial charge in [0.15, 0.2) is 0 Å². The highest BCUT2D eigenvalue weighted by Gasteiger charge is 1.97. The number of allylic oxidation sites excluding steroid dienone is 4. The summed E-state index contributed by atoms with van der Waals surface area (Å²) in [5, 5.41) is 10.1. The molecule has 54 valence electrons. The van der Waals surface area contributed by atoms with Crippen LogP contribution in [0.25, 0.3) is 0 Å². The first-order valence-corrected chi connectivity index (χ1v) is 3.47. The van der Waals surface area contributed by atoms with Crippen LogP contribution in [0, 0.1) is 5.41 Å². The van der Waals surface area contributed by atoms with Crippen molar-refractivity contribution in [2.24, 2.45) is 0 Å². The first kappa shape index (κ1) is 7.06. The van der Waals surface area contributed by atoms with Crippen LogP contribution in [-0.4, -0.2) is 5.84 Å². The highest BCUT2D eigenvalue weighted by Crippen LogP contribution is 2.07. The maximum absolute atomic E-state index is 7.15. The Hall–Kier alpha value is -1.05. The number of hydrogen-bond acceptors (Lipinski definition) is 1. The van der Waals surface area contributed by atoms with E-state index in [1.165, 1.54) is 0 Å². The van der Waals surface area contributed by atoms with E-state index in [-0.39, 0.29) is 0 Å². The third-order valence-corrected chi connectivity index (χ3v) is 1.36. The normalized spacial score (nSPS) is 16.3. The largest absolute Gasteiger partial charge is 0.348 e. The molecule has 2 nitrogen and oxygen atoms in total. The van der Waals surface area contributed by atoms with Gasteiger partial charge in [0.25, 0.3) is 0 Å². The standard InChI is InChI=1S/C8H12N2/c1-7(9)10-8-5-3-2-4-6-8/h2-3,5H,4,6H2,1H3,(H2,9,10). The third-order valence-electron chi connectivity index (χ3n) is 1.36.